The molecule has 0 atom stereocenters. The first-order valence-electron chi connectivity index (χ1n) is 5.42. The van der Waals surface area contributed by atoms with Crippen molar-refractivity contribution in [2.45, 2.75) is 13.3 Å². The molecule has 0 bridgehead atoms. The fourth-order valence-corrected chi connectivity index (χ4v) is 1.40. The van der Waals surface area contributed by atoms with Gasteiger partial charge in [-0.25, -0.2) is 0 Å². The second-order valence-electron chi connectivity index (χ2n) is 3.66. The summed E-state index contributed by atoms with van der Waals surface area (Å²) < 4.78 is 0. The van der Waals surface area contributed by atoms with E-state index in [1.54, 1.807) is 19.1 Å². The van der Waals surface area contributed by atoms with E-state index >= 15 is 0 Å². The zero-order chi connectivity index (χ0) is 12.5. The third kappa shape index (κ3) is 6.54. The third-order valence-corrected chi connectivity index (χ3v) is 2.28. The molecule has 0 N–H and O–H groups in total. The Morgan fingerprint density at radius 1 is 0.941 bits per heavy atom. The second kappa shape index (κ2) is 7.64. The Bertz CT molecular complexity index is 408. The monoisotopic (exact) mass is 246 g/mol. The fourth-order valence-electron chi connectivity index (χ4n) is 1.27. The van der Waals surface area contributed by atoms with Gasteiger partial charge >= 0.3 is 0 Å². The molecule has 0 aromatic heterocycles. The minimum absolute atomic E-state index is 0.173. The Hall–Kier alpha value is -1.60. The molecule has 0 aliphatic rings. The number of hydrogen-bond donors (Lipinski definition) is 0. The van der Waals surface area contributed by atoms with Crippen molar-refractivity contribution in [3.63, 3.8) is 0 Å². The van der Waals surface area contributed by atoms with Crippen LogP contribution >= 0.6 is 11.6 Å². The molecule has 0 unspecified atom stereocenters. The smallest absolute Gasteiger partial charge is 0.134 e. The van der Waals surface area contributed by atoms with Crippen LogP contribution in [0.5, 0.6) is 0 Å². The van der Waals surface area contributed by atoms with E-state index in [0.717, 1.165) is 5.56 Å². The minimum atomic E-state index is 0.173. The molecule has 2 aromatic carbocycles. The quantitative estimate of drug-likeness (QED) is 0.778. The molecule has 0 amide bonds. The van der Waals surface area contributed by atoms with Crippen LogP contribution in [-0.2, 0) is 11.2 Å². The molecular weight excluding hydrogens is 232 g/mol. The van der Waals surface area contributed by atoms with E-state index < -0.39 is 0 Å². The zero-order valence-corrected chi connectivity index (χ0v) is 10.5. The summed E-state index contributed by atoms with van der Waals surface area (Å²) in [5.74, 6) is 0.173. The molecule has 0 heterocycles. The summed E-state index contributed by atoms with van der Waals surface area (Å²) in [5, 5.41) is 0.706. The lowest BCUT2D eigenvalue weighted by Gasteiger charge is -1.95. The molecule has 0 radical (unpaired) electrons. The van der Waals surface area contributed by atoms with Crippen LogP contribution in [0.25, 0.3) is 0 Å². The molecule has 2 aromatic rings. The lowest BCUT2D eigenvalue weighted by atomic mass is 10.1. The van der Waals surface area contributed by atoms with Crippen LogP contribution in [-0.4, -0.2) is 5.78 Å². The standard InChI is InChI=1S/C9H9ClO.C6H6/c1-7(11)6-8-2-4-9(10)5-3-8;1-2-4-6-5-3-1/h2-5H,6H2,1H3;1-6H. The number of halogens is 1. The van der Waals surface area contributed by atoms with Gasteiger partial charge in [-0.05, 0) is 24.6 Å². The molecule has 0 fully saturated rings. The van der Waals surface area contributed by atoms with Crippen molar-refractivity contribution >= 4 is 17.4 Å². The third-order valence-electron chi connectivity index (χ3n) is 2.03. The first-order chi connectivity index (χ1) is 8.18. The van der Waals surface area contributed by atoms with E-state index in [0.29, 0.717) is 11.4 Å². The van der Waals surface area contributed by atoms with Crippen molar-refractivity contribution in [3.05, 3.63) is 71.2 Å². The highest BCUT2D eigenvalue weighted by molar-refractivity contribution is 6.30. The topological polar surface area (TPSA) is 17.1 Å². The first-order valence-corrected chi connectivity index (χ1v) is 5.80. The maximum Gasteiger partial charge on any atom is 0.134 e. The Morgan fingerprint density at radius 2 is 1.35 bits per heavy atom. The van der Waals surface area contributed by atoms with Crippen LogP contribution in [0.2, 0.25) is 5.02 Å². The van der Waals surface area contributed by atoms with Gasteiger partial charge in [-0.3, -0.25) is 4.79 Å². The highest BCUT2D eigenvalue weighted by Crippen LogP contribution is 2.09. The highest BCUT2D eigenvalue weighted by Gasteiger charge is 1.95. The molecule has 0 saturated heterocycles. The van der Waals surface area contributed by atoms with Crippen molar-refractivity contribution in [1.29, 1.82) is 0 Å². The predicted octanol–water partition coefficient (Wildman–Crippen LogP) is 4.16. The van der Waals surface area contributed by atoms with Gasteiger partial charge in [0.25, 0.3) is 0 Å². The number of carbonyl (C=O) groups is 1. The molecule has 0 spiro atoms. The van der Waals surface area contributed by atoms with E-state index in [9.17, 15) is 4.79 Å². The molecule has 17 heavy (non-hydrogen) atoms. The van der Waals surface area contributed by atoms with Crippen molar-refractivity contribution < 1.29 is 4.79 Å². The Kier molecular flexibility index (Phi) is 6.05. The van der Waals surface area contributed by atoms with Gasteiger partial charge in [0, 0.05) is 11.4 Å². The molecule has 88 valence electrons. The molecular formula is C15H15ClO. The molecule has 2 heteroatoms. The van der Waals surface area contributed by atoms with Gasteiger partial charge in [-0.2, -0.15) is 0 Å². The Balaban J connectivity index is 0.000000202. The Labute approximate surface area is 107 Å². The van der Waals surface area contributed by atoms with Gasteiger partial charge in [0.2, 0.25) is 0 Å². The van der Waals surface area contributed by atoms with E-state index in [2.05, 4.69) is 0 Å². The number of benzene rings is 2. The van der Waals surface area contributed by atoms with Crippen LogP contribution in [0.15, 0.2) is 60.7 Å². The van der Waals surface area contributed by atoms with E-state index in [-0.39, 0.29) is 5.78 Å². The van der Waals surface area contributed by atoms with Gasteiger partial charge < -0.3 is 0 Å². The molecule has 0 aliphatic heterocycles. The van der Waals surface area contributed by atoms with Gasteiger partial charge in [0.15, 0.2) is 0 Å². The maximum absolute atomic E-state index is 10.7. The van der Waals surface area contributed by atoms with Crippen molar-refractivity contribution in [2.24, 2.45) is 0 Å². The second-order valence-corrected chi connectivity index (χ2v) is 4.10. The SMILES string of the molecule is CC(=O)Cc1ccc(Cl)cc1.c1ccccc1. The van der Waals surface area contributed by atoms with E-state index in [4.69, 9.17) is 11.6 Å². The fraction of sp³-hybridized carbons (Fsp3) is 0.133. The van der Waals surface area contributed by atoms with Gasteiger partial charge in [-0.1, -0.05) is 60.1 Å². The summed E-state index contributed by atoms with van der Waals surface area (Å²) in [6.45, 7) is 1.58. The number of carbonyl (C=O) groups excluding carboxylic acids is 1. The summed E-state index contributed by atoms with van der Waals surface area (Å²) in [7, 11) is 0. The summed E-state index contributed by atoms with van der Waals surface area (Å²) in [5.41, 5.74) is 1.02. The average Bonchev–Trinajstić information content (AvgIpc) is 2.35. The first kappa shape index (κ1) is 13.5. The number of rotatable bonds is 2. The number of ketones is 1. The average molecular weight is 247 g/mol. The van der Waals surface area contributed by atoms with Crippen molar-refractivity contribution in [1.82, 2.24) is 0 Å². The van der Waals surface area contributed by atoms with Crippen LogP contribution < -0.4 is 0 Å². The summed E-state index contributed by atoms with van der Waals surface area (Å²) in [4.78, 5) is 10.7. The molecule has 0 aliphatic carbocycles. The van der Waals surface area contributed by atoms with Gasteiger partial charge in [-0.15, -0.1) is 0 Å². The summed E-state index contributed by atoms with van der Waals surface area (Å²) in [6, 6.07) is 19.3. The minimum Gasteiger partial charge on any atom is -0.300 e. The summed E-state index contributed by atoms with van der Waals surface area (Å²) >= 11 is 5.66. The lowest BCUT2D eigenvalue weighted by molar-refractivity contribution is -0.116. The highest BCUT2D eigenvalue weighted by atomic mass is 35.5. The molecule has 1 nitrogen and oxygen atoms in total. The largest absolute Gasteiger partial charge is 0.300 e. The maximum atomic E-state index is 10.7. The summed E-state index contributed by atoms with van der Waals surface area (Å²) in [6.07, 6.45) is 0.497. The van der Waals surface area contributed by atoms with Crippen LogP contribution in [0, 0.1) is 0 Å². The molecule has 2 rings (SSSR count). The van der Waals surface area contributed by atoms with E-state index in [1.807, 2.05) is 48.5 Å². The predicted molar refractivity (Wildman–Crippen MR) is 72.3 cm³/mol. The Morgan fingerprint density at radius 3 is 1.71 bits per heavy atom. The number of hydrogen-bond acceptors (Lipinski definition) is 1. The van der Waals surface area contributed by atoms with Crippen LogP contribution in [0.1, 0.15) is 12.5 Å². The van der Waals surface area contributed by atoms with Crippen LogP contribution in [0.4, 0.5) is 0 Å². The zero-order valence-electron chi connectivity index (χ0n) is 9.77. The lowest BCUT2D eigenvalue weighted by Crippen LogP contribution is -1.94. The normalized spacial score (nSPS) is 9.06. The molecule has 0 saturated carbocycles. The van der Waals surface area contributed by atoms with Crippen LogP contribution in [0.3, 0.4) is 0 Å². The van der Waals surface area contributed by atoms with Crippen molar-refractivity contribution in [3.8, 4) is 0 Å². The van der Waals surface area contributed by atoms with Gasteiger partial charge in [0.1, 0.15) is 5.78 Å². The van der Waals surface area contributed by atoms with E-state index in [1.165, 1.54) is 0 Å². The van der Waals surface area contributed by atoms with Crippen molar-refractivity contribution in [2.75, 3.05) is 0 Å². The number of Topliss-reactive ketones (excluding diaryl/α,β-unsaturated/α-hetero) is 1. The van der Waals surface area contributed by atoms with Gasteiger partial charge in [0.05, 0.1) is 0 Å².